The van der Waals surface area contributed by atoms with E-state index in [1.165, 1.54) is 0 Å². The Hall–Kier alpha value is -2.00. The molecule has 0 saturated carbocycles. The van der Waals surface area contributed by atoms with Crippen LogP contribution in [0.2, 0.25) is 0 Å². The van der Waals surface area contributed by atoms with Gasteiger partial charge in [-0.25, -0.2) is 0 Å². The number of rotatable bonds is 5. The van der Waals surface area contributed by atoms with Gasteiger partial charge in [0.25, 0.3) is 0 Å². The fourth-order valence-corrected chi connectivity index (χ4v) is 2.47. The molecular formula is C17H21NO2. The van der Waals surface area contributed by atoms with Gasteiger partial charge in [0.2, 0.25) is 0 Å². The van der Waals surface area contributed by atoms with Gasteiger partial charge in [-0.2, -0.15) is 0 Å². The molecular weight excluding hydrogens is 250 g/mol. The molecule has 0 aliphatic carbocycles. The number of hydrogen-bond acceptors (Lipinski definition) is 3. The predicted octanol–water partition coefficient (Wildman–Crippen LogP) is 3.25. The molecule has 0 fully saturated rings. The second kappa shape index (κ2) is 6.44. The average Bonchev–Trinajstić information content (AvgIpc) is 2.47. The third kappa shape index (κ3) is 3.11. The average molecular weight is 271 g/mol. The summed E-state index contributed by atoms with van der Waals surface area (Å²) in [5.41, 5.74) is 3.17. The van der Waals surface area contributed by atoms with Crippen molar-refractivity contribution < 1.29 is 9.84 Å². The SMILES string of the molecule is CNc1cccc(C(c2cccc(OC)c2)C(C)O)c1. The van der Waals surface area contributed by atoms with Gasteiger partial charge in [0.15, 0.2) is 0 Å². The molecule has 0 aliphatic heterocycles. The Labute approximate surface area is 120 Å². The zero-order chi connectivity index (χ0) is 14.5. The van der Waals surface area contributed by atoms with Gasteiger partial charge in [-0.05, 0) is 42.3 Å². The minimum absolute atomic E-state index is 0.0709. The molecule has 2 aromatic rings. The van der Waals surface area contributed by atoms with Crippen molar-refractivity contribution >= 4 is 5.69 Å². The van der Waals surface area contributed by atoms with Crippen LogP contribution in [0.3, 0.4) is 0 Å². The highest BCUT2D eigenvalue weighted by Gasteiger charge is 2.20. The first-order valence-electron chi connectivity index (χ1n) is 6.75. The van der Waals surface area contributed by atoms with Gasteiger partial charge in [-0.1, -0.05) is 24.3 Å². The van der Waals surface area contributed by atoms with Crippen molar-refractivity contribution in [1.29, 1.82) is 0 Å². The molecule has 3 nitrogen and oxygen atoms in total. The quantitative estimate of drug-likeness (QED) is 0.877. The van der Waals surface area contributed by atoms with Gasteiger partial charge in [0.05, 0.1) is 13.2 Å². The van der Waals surface area contributed by atoms with Crippen LogP contribution in [-0.4, -0.2) is 25.4 Å². The Bertz CT molecular complexity index is 519. The minimum Gasteiger partial charge on any atom is -0.497 e. The molecule has 0 saturated heterocycles. The van der Waals surface area contributed by atoms with Crippen molar-refractivity contribution in [2.24, 2.45) is 0 Å². The summed E-state index contributed by atoms with van der Waals surface area (Å²) in [5, 5.41) is 13.3. The zero-order valence-electron chi connectivity index (χ0n) is 12.1. The lowest BCUT2D eigenvalue weighted by molar-refractivity contribution is 0.176. The molecule has 20 heavy (non-hydrogen) atoms. The van der Waals surface area contributed by atoms with E-state index in [4.69, 9.17) is 4.74 Å². The molecule has 0 aliphatic rings. The molecule has 0 spiro atoms. The van der Waals surface area contributed by atoms with Crippen LogP contribution < -0.4 is 10.1 Å². The van der Waals surface area contributed by atoms with Crippen LogP contribution in [0.5, 0.6) is 5.75 Å². The van der Waals surface area contributed by atoms with E-state index in [2.05, 4.69) is 11.4 Å². The smallest absolute Gasteiger partial charge is 0.119 e. The maximum absolute atomic E-state index is 10.2. The van der Waals surface area contributed by atoms with E-state index < -0.39 is 6.10 Å². The van der Waals surface area contributed by atoms with Crippen LogP contribution >= 0.6 is 0 Å². The zero-order valence-corrected chi connectivity index (χ0v) is 12.1. The Morgan fingerprint density at radius 1 is 1.05 bits per heavy atom. The number of ether oxygens (including phenoxy) is 1. The first-order valence-corrected chi connectivity index (χ1v) is 6.75. The van der Waals surface area contributed by atoms with E-state index in [1.54, 1.807) is 7.11 Å². The monoisotopic (exact) mass is 271 g/mol. The summed E-state index contributed by atoms with van der Waals surface area (Å²) in [6.07, 6.45) is -0.478. The van der Waals surface area contributed by atoms with Crippen LogP contribution in [0.4, 0.5) is 5.69 Å². The van der Waals surface area contributed by atoms with Crippen molar-refractivity contribution in [2.45, 2.75) is 18.9 Å². The molecule has 0 bridgehead atoms. The van der Waals surface area contributed by atoms with E-state index in [0.29, 0.717) is 0 Å². The summed E-state index contributed by atoms with van der Waals surface area (Å²) in [7, 11) is 3.54. The number of methoxy groups -OCH3 is 1. The van der Waals surface area contributed by atoms with Gasteiger partial charge < -0.3 is 15.2 Å². The molecule has 2 atom stereocenters. The van der Waals surface area contributed by atoms with Crippen molar-refractivity contribution in [3.8, 4) is 5.75 Å². The summed E-state index contributed by atoms with van der Waals surface area (Å²) in [6, 6.07) is 16.0. The molecule has 2 unspecified atom stereocenters. The lowest BCUT2D eigenvalue weighted by Crippen LogP contribution is -2.16. The summed E-state index contributed by atoms with van der Waals surface area (Å²) < 4.78 is 5.27. The van der Waals surface area contributed by atoms with Crippen molar-refractivity contribution in [2.75, 3.05) is 19.5 Å². The predicted molar refractivity (Wildman–Crippen MR) is 82.5 cm³/mol. The van der Waals surface area contributed by atoms with Gasteiger partial charge in [-0.15, -0.1) is 0 Å². The van der Waals surface area contributed by atoms with E-state index in [9.17, 15) is 5.11 Å². The largest absolute Gasteiger partial charge is 0.497 e. The van der Waals surface area contributed by atoms with Gasteiger partial charge in [-0.3, -0.25) is 0 Å². The van der Waals surface area contributed by atoms with Crippen LogP contribution in [0.15, 0.2) is 48.5 Å². The number of nitrogens with one attached hydrogen (secondary N) is 1. The lowest BCUT2D eigenvalue weighted by Gasteiger charge is -2.22. The highest BCUT2D eigenvalue weighted by atomic mass is 16.5. The number of aliphatic hydroxyl groups excluding tert-OH is 1. The molecule has 2 aromatic carbocycles. The van der Waals surface area contributed by atoms with Crippen LogP contribution in [-0.2, 0) is 0 Å². The number of hydrogen-bond donors (Lipinski definition) is 2. The Morgan fingerprint density at radius 2 is 1.70 bits per heavy atom. The van der Waals surface area contributed by atoms with Crippen molar-refractivity contribution in [3.63, 3.8) is 0 Å². The molecule has 0 heterocycles. The van der Waals surface area contributed by atoms with Crippen LogP contribution in [0, 0.1) is 0 Å². The molecule has 3 heteroatoms. The Balaban J connectivity index is 2.44. The van der Waals surface area contributed by atoms with Crippen molar-refractivity contribution in [3.05, 3.63) is 59.7 Å². The number of aliphatic hydroxyl groups is 1. The van der Waals surface area contributed by atoms with Crippen molar-refractivity contribution in [1.82, 2.24) is 0 Å². The molecule has 2 rings (SSSR count). The van der Waals surface area contributed by atoms with E-state index in [-0.39, 0.29) is 5.92 Å². The van der Waals surface area contributed by atoms with Crippen LogP contribution in [0.25, 0.3) is 0 Å². The third-order valence-corrected chi connectivity index (χ3v) is 3.47. The van der Waals surface area contributed by atoms with Crippen LogP contribution in [0.1, 0.15) is 24.0 Å². The molecule has 2 N–H and O–H groups in total. The fraction of sp³-hybridized carbons (Fsp3) is 0.294. The lowest BCUT2D eigenvalue weighted by atomic mass is 9.87. The second-order valence-corrected chi connectivity index (χ2v) is 4.87. The van der Waals surface area contributed by atoms with E-state index >= 15 is 0 Å². The maximum atomic E-state index is 10.2. The number of anilines is 1. The first kappa shape index (κ1) is 14.4. The van der Waals surface area contributed by atoms with Gasteiger partial charge in [0, 0.05) is 18.7 Å². The normalized spacial score (nSPS) is 13.6. The first-order chi connectivity index (χ1) is 9.65. The number of benzene rings is 2. The Kier molecular flexibility index (Phi) is 4.64. The summed E-state index contributed by atoms with van der Waals surface area (Å²) in [5.74, 6) is 0.733. The topological polar surface area (TPSA) is 41.5 Å². The molecule has 0 aromatic heterocycles. The van der Waals surface area contributed by atoms with E-state index in [1.807, 2.05) is 56.4 Å². The third-order valence-electron chi connectivity index (χ3n) is 3.47. The van der Waals surface area contributed by atoms with Gasteiger partial charge >= 0.3 is 0 Å². The van der Waals surface area contributed by atoms with E-state index in [0.717, 1.165) is 22.6 Å². The fourth-order valence-electron chi connectivity index (χ4n) is 2.47. The highest BCUT2D eigenvalue weighted by Crippen LogP contribution is 2.31. The molecule has 106 valence electrons. The maximum Gasteiger partial charge on any atom is 0.119 e. The minimum atomic E-state index is -0.478. The second-order valence-electron chi connectivity index (χ2n) is 4.87. The summed E-state index contributed by atoms with van der Waals surface area (Å²) >= 11 is 0. The molecule has 0 radical (unpaired) electrons. The summed E-state index contributed by atoms with van der Waals surface area (Å²) in [6.45, 7) is 1.82. The molecule has 0 amide bonds. The Morgan fingerprint density at radius 3 is 2.30 bits per heavy atom. The summed E-state index contributed by atoms with van der Waals surface area (Å²) in [4.78, 5) is 0. The van der Waals surface area contributed by atoms with Gasteiger partial charge in [0.1, 0.15) is 5.75 Å². The standard InChI is InChI=1S/C17H21NO2/c1-12(19)17(13-6-4-8-15(10-13)18-2)14-7-5-9-16(11-14)20-3/h4-12,17-19H,1-3H3. The highest BCUT2D eigenvalue weighted by molar-refractivity contribution is 5.48.